The summed E-state index contributed by atoms with van der Waals surface area (Å²) in [5.74, 6) is 0. The van der Waals surface area contributed by atoms with Gasteiger partial charge in [-0.25, -0.2) is 8.42 Å². The lowest BCUT2D eigenvalue weighted by molar-refractivity contribution is -0.221. The summed E-state index contributed by atoms with van der Waals surface area (Å²) in [4.78, 5) is 0.247. The number of benzene rings is 2. The highest BCUT2D eigenvalue weighted by molar-refractivity contribution is 7.94. The molecule has 63 heavy (non-hydrogen) atoms. The number of ether oxygens (including phenoxy) is 5. The third-order valence-electron chi connectivity index (χ3n) is 11.4. The Hall–Kier alpha value is -3.14. The molecule has 17 heteroatoms. The maximum Gasteiger partial charge on any atom is 0.335 e. The number of aliphatic hydroxyl groups excluding tert-OH is 2. The standard InChI is InChI=1S/C21H26O5S.C14H20O4.C11H17O3P.O2S/c1-3-16(2)13-17-9-10-20-21(15-22,26-17)14-18(25-20)11-12-27(23,24)19-7-5-4-6-8-19;1-3-9(2)6-10-4-5-12-14(18-10)7-11(17-12)13(15)16-8-14;1-3-13-15(12,14-4-2)10-11-8-6-5-7-9-11;1-3-2/h4-8,11-12,17-18,20,22H,1,9-10,13-15H2,2H3;10-13,15H,1,4-8H2,2H3;5-9H,3-4,10H2,1-2H3;/b12-11+;;;/t17?,18-,20-,21+;10?,11-,12+,13?,14-;;/m01../s1. The predicted octanol–water partition coefficient (Wildman–Crippen LogP) is 7.48. The maximum absolute atomic E-state index is 12.4. The van der Waals surface area contributed by atoms with Gasteiger partial charge >= 0.3 is 19.2 Å². The Morgan fingerprint density at radius 3 is 1.98 bits per heavy atom. The molecule has 14 nitrogen and oxygen atoms in total. The van der Waals surface area contributed by atoms with Crippen molar-refractivity contribution >= 4 is 29.0 Å². The van der Waals surface area contributed by atoms with Gasteiger partial charge in [0.05, 0.1) is 68.0 Å². The molecule has 5 aliphatic rings. The molecular formula is C46H63O14PS2. The molecule has 3 unspecified atom stereocenters. The number of aliphatic hydroxyl groups is 2. The summed E-state index contributed by atoms with van der Waals surface area (Å²) >= 11 is -0.750. The first kappa shape index (κ1) is 52.5. The second-order valence-corrected chi connectivity index (χ2v) is 20.0. The molecule has 0 aromatic heterocycles. The zero-order valence-electron chi connectivity index (χ0n) is 36.6. The molecule has 2 bridgehead atoms. The molecule has 5 aliphatic heterocycles. The van der Waals surface area contributed by atoms with E-state index in [0.29, 0.717) is 32.4 Å². The van der Waals surface area contributed by atoms with E-state index < -0.39 is 47.0 Å². The molecule has 5 fully saturated rings. The SMILES string of the molecule is C=C=C(C)CC1CC[C@@H]2O[C@@H](/C=C/S(=O)(=O)c3ccccc3)C[C@]2(CO)O1.C=C=C(C)CC1CC[C@@H]2O[C@@H]3C[C@]2(COC3O)O1.CCOP(=O)(Cc1ccccc1)OCC.O=S=O. The zero-order valence-corrected chi connectivity index (χ0v) is 39.2. The molecule has 348 valence electrons. The van der Waals surface area contributed by atoms with Crippen LogP contribution in [0.1, 0.15) is 84.6 Å². The van der Waals surface area contributed by atoms with E-state index in [9.17, 15) is 23.2 Å². The molecule has 0 amide bonds. The molecule has 0 saturated carbocycles. The Morgan fingerprint density at radius 2 is 1.43 bits per heavy atom. The molecule has 2 aromatic rings. The minimum atomic E-state index is -3.52. The van der Waals surface area contributed by atoms with Crippen LogP contribution in [0, 0.1) is 0 Å². The van der Waals surface area contributed by atoms with Crippen LogP contribution < -0.4 is 0 Å². The summed E-state index contributed by atoms with van der Waals surface area (Å²) in [6, 6.07) is 17.9. The maximum atomic E-state index is 12.4. The lowest BCUT2D eigenvalue weighted by Gasteiger charge is -2.42. The molecule has 7 rings (SSSR count). The first-order chi connectivity index (χ1) is 30.1. The predicted molar refractivity (Wildman–Crippen MR) is 238 cm³/mol. The number of sulfone groups is 1. The van der Waals surface area contributed by atoms with Crippen LogP contribution in [0.5, 0.6) is 0 Å². The highest BCUT2D eigenvalue weighted by atomic mass is 32.2. The third-order valence-corrected chi connectivity index (χ3v) is 14.9. The fourth-order valence-electron chi connectivity index (χ4n) is 8.40. The number of hydrogen-bond acceptors (Lipinski definition) is 14. The van der Waals surface area contributed by atoms with Gasteiger partial charge in [0, 0.05) is 31.1 Å². The zero-order chi connectivity index (χ0) is 46.1. The smallest absolute Gasteiger partial charge is 0.335 e. The van der Waals surface area contributed by atoms with Gasteiger partial charge < -0.3 is 42.9 Å². The second-order valence-electron chi connectivity index (χ2n) is 16.0. The monoisotopic (exact) mass is 934 g/mol. The van der Waals surface area contributed by atoms with Gasteiger partial charge in [-0.2, -0.15) is 8.42 Å². The van der Waals surface area contributed by atoms with E-state index in [2.05, 4.69) is 24.6 Å². The van der Waals surface area contributed by atoms with Crippen LogP contribution in [0.2, 0.25) is 0 Å². The summed E-state index contributed by atoms with van der Waals surface area (Å²) in [6.07, 6.45) is 6.81. The number of fused-ring (bicyclic) bond motifs is 2. The van der Waals surface area contributed by atoms with Crippen molar-refractivity contribution in [3.05, 3.63) is 113 Å². The van der Waals surface area contributed by atoms with Crippen LogP contribution in [0.25, 0.3) is 0 Å². The average Bonchev–Trinajstić information content (AvgIpc) is 3.81. The number of hydrogen-bond donors (Lipinski definition) is 2. The minimum absolute atomic E-state index is 0.0120. The normalized spacial score (nSPS) is 29.4. The van der Waals surface area contributed by atoms with Gasteiger partial charge in [0.15, 0.2) is 16.1 Å². The Morgan fingerprint density at radius 1 is 0.873 bits per heavy atom. The molecule has 2 N–H and O–H groups in total. The van der Waals surface area contributed by atoms with Crippen LogP contribution in [0.15, 0.2) is 113 Å². The van der Waals surface area contributed by atoms with E-state index >= 15 is 0 Å². The summed E-state index contributed by atoms with van der Waals surface area (Å²) in [5.41, 5.74) is 7.80. The van der Waals surface area contributed by atoms with Gasteiger partial charge in [-0.15, -0.1) is 11.5 Å². The fourth-order valence-corrected chi connectivity index (χ4v) is 11.2. The highest BCUT2D eigenvalue weighted by Crippen LogP contribution is 2.51. The largest absolute Gasteiger partial charge is 0.393 e. The van der Waals surface area contributed by atoms with Crippen LogP contribution in [-0.4, -0.2) is 108 Å². The van der Waals surface area contributed by atoms with Crippen LogP contribution in [0.3, 0.4) is 0 Å². The lowest BCUT2D eigenvalue weighted by Crippen LogP contribution is -2.53. The lowest BCUT2D eigenvalue weighted by atomic mass is 9.85. The fraction of sp³-hybridized carbons (Fsp3) is 0.565. The van der Waals surface area contributed by atoms with Crippen molar-refractivity contribution in [2.45, 2.75) is 144 Å². The molecule has 5 saturated heterocycles. The van der Waals surface area contributed by atoms with Crippen molar-refractivity contribution in [3.63, 3.8) is 0 Å². The van der Waals surface area contributed by atoms with Gasteiger partial charge in [0.1, 0.15) is 17.3 Å². The Bertz CT molecular complexity index is 2070. The quantitative estimate of drug-likeness (QED) is 0.140. The van der Waals surface area contributed by atoms with E-state index in [0.717, 1.165) is 61.7 Å². The molecule has 1 spiro atoms. The first-order valence-corrected chi connectivity index (χ1v) is 25.2. The summed E-state index contributed by atoms with van der Waals surface area (Å²) < 4.78 is 93.6. The van der Waals surface area contributed by atoms with Crippen molar-refractivity contribution in [2.75, 3.05) is 26.4 Å². The summed E-state index contributed by atoms with van der Waals surface area (Å²) in [7, 11) is -6.46. The molecule has 0 aliphatic carbocycles. The first-order valence-electron chi connectivity index (χ1n) is 21.2. The molecule has 9 atom stereocenters. The van der Waals surface area contributed by atoms with Crippen LogP contribution in [0.4, 0.5) is 0 Å². The minimum Gasteiger partial charge on any atom is -0.393 e. The van der Waals surface area contributed by atoms with Crippen molar-refractivity contribution < 1.29 is 64.3 Å². The van der Waals surface area contributed by atoms with Gasteiger partial charge in [-0.05, 0) is 88.3 Å². The van der Waals surface area contributed by atoms with Crippen molar-refractivity contribution in [1.82, 2.24) is 0 Å². The molecule has 5 heterocycles. The van der Waals surface area contributed by atoms with Crippen molar-refractivity contribution in [3.8, 4) is 0 Å². The highest BCUT2D eigenvalue weighted by Gasteiger charge is 2.58. The Labute approximate surface area is 376 Å². The number of rotatable bonds is 14. The molecule has 0 radical (unpaired) electrons. The van der Waals surface area contributed by atoms with Gasteiger partial charge in [-0.3, -0.25) is 4.57 Å². The van der Waals surface area contributed by atoms with Crippen molar-refractivity contribution in [2.24, 2.45) is 0 Å². The second kappa shape index (κ2) is 25.0. The van der Waals surface area contributed by atoms with Crippen molar-refractivity contribution in [1.29, 1.82) is 0 Å². The van der Waals surface area contributed by atoms with E-state index in [1.807, 2.05) is 58.0 Å². The Kier molecular flexibility index (Phi) is 20.8. The van der Waals surface area contributed by atoms with E-state index in [-0.39, 0.29) is 47.6 Å². The van der Waals surface area contributed by atoms with Crippen LogP contribution >= 0.6 is 7.60 Å². The van der Waals surface area contributed by atoms with Gasteiger partial charge in [0.2, 0.25) is 0 Å². The van der Waals surface area contributed by atoms with E-state index in [1.165, 1.54) is 5.41 Å². The Balaban J connectivity index is 0.000000211. The van der Waals surface area contributed by atoms with Gasteiger partial charge in [0.25, 0.3) is 0 Å². The molecule has 2 aromatic carbocycles. The summed E-state index contributed by atoms with van der Waals surface area (Å²) in [5, 5.41) is 20.9. The summed E-state index contributed by atoms with van der Waals surface area (Å²) in [6.45, 7) is 16.0. The van der Waals surface area contributed by atoms with Crippen LogP contribution in [-0.2, 0) is 64.9 Å². The van der Waals surface area contributed by atoms with E-state index in [4.69, 9.17) is 41.1 Å². The van der Waals surface area contributed by atoms with Gasteiger partial charge in [-0.1, -0.05) is 61.7 Å². The third kappa shape index (κ3) is 14.9. The average molecular weight is 935 g/mol. The topological polar surface area (TPSA) is 190 Å². The van der Waals surface area contributed by atoms with E-state index in [1.54, 1.807) is 36.4 Å². The molecular weight excluding hydrogens is 872 g/mol.